The van der Waals surface area contributed by atoms with Crippen LogP contribution in [0, 0.1) is 11.3 Å². The van der Waals surface area contributed by atoms with E-state index < -0.39 is 6.10 Å². The van der Waals surface area contributed by atoms with Crippen molar-refractivity contribution in [1.29, 1.82) is 5.26 Å². The first-order valence-corrected chi connectivity index (χ1v) is 6.53. The Morgan fingerprint density at radius 2 is 2.30 bits per heavy atom. The van der Waals surface area contributed by atoms with Crippen LogP contribution in [-0.2, 0) is 9.53 Å². The largest absolute Gasteiger partial charge is 0.361 e. The first-order chi connectivity index (χ1) is 9.74. The summed E-state index contributed by atoms with van der Waals surface area (Å²) < 4.78 is 5.30. The maximum absolute atomic E-state index is 12.0. The summed E-state index contributed by atoms with van der Waals surface area (Å²) in [4.78, 5) is 14.0. The standard InChI is InChI=1S/C14H18N4O2/c15-8-12-9-18(6-7-20-12)10-13(14(19)17-16)11-4-2-1-3-5-11/h1-5,12-13H,6-7,9-10,16H2,(H,17,19). The van der Waals surface area contributed by atoms with Crippen molar-refractivity contribution in [2.75, 3.05) is 26.2 Å². The Morgan fingerprint density at radius 3 is 2.95 bits per heavy atom. The van der Waals surface area contributed by atoms with Crippen LogP contribution >= 0.6 is 0 Å². The Balaban J connectivity index is 2.09. The van der Waals surface area contributed by atoms with Gasteiger partial charge < -0.3 is 4.74 Å². The molecule has 2 rings (SSSR count). The third-order valence-electron chi connectivity index (χ3n) is 3.40. The van der Waals surface area contributed by atoms with Crippen LogP contribution in [0.1, 0.15) is 11.5 Å². The number of nitrogens with one attached hydrogen (secondary N) is 1. The number of carbonyl (C=O) groups is 1. The fourth-order valence-electron chi connectivity index (χ4n) is 2.33. The number of hydrogen-bond donors (Lipinski definition) is 2. The first-order valence-electron chi connectivity index (χ1n) is 6.53. The summed E-state index contributed by atoms with van der Waals surface area (Å²) in [5, 5.41) is 8.91. The molecule has 2 atom stereocenters. The number of benzene rings is 1. The summed E-state index contributed by atoms with van der Waals surface area (Å²) >= 11 is 0. The van der Waals surface area contributed by atoms with Crippen LogP contribution in [0.5, 0.6) is 0 Å². The highest BCUT2D eigenvalue weighted by Gasteiger charge is 2.26. The highest BCUT2D eigenvalue weighted by atomic mass is 16.5. The Labute approximate surface area is 118 Å². The van der Waals surface area contributed by atoms with E-state index in [0.29, 0.717) is 26.2 Å². The van der Waals surface area contributed by atoms with E-state index in [-0.39, 0.29) is 11.8 Å². The van der Waals surface area contributed by atoms with E-state index in [1.54, 1.807) is 0 Å². The summed E-state index contributed by atoms with van der Waals surface area (Å²) in [6, 6.07) is 11.6. The van der Waals surface area contributed by atoms with Crippen LogP contribution in [0.3, 0.4) is 0 Å². The van der Waals surface area contributed by atoms with Crippen LogP contribution in [0.4, 0.5) is 0 Å². The maximum atomic E-state index is 12.0. The van der Waals surface area contributed by atoms with Gasteiger partial charge in [0, 0.05) is 19.6 Å². The number of carbonyl (C=O) groups excluding carboxylic acids is 1. The molecule has 20 heavy (non-hydrogen) atoms. The second-order valence-electron chi connectivity index (χ2n) is 4.72. The predicted octanol–water partition coefficient (Wildman–Crippen LogP) is -0.0155. The van der Waals surface area contributed by atoms with Gasteiger partial charge in [0.15, 0.2) is 6.10 Å². The number of nitriles is 1. The summed E-state index contributed by atoms with van der Waals surface area (Å²) in [5.41, 5.74) is 3.13. The molecule has 1 aromatic carbocycles. The van der Waals surface area contributed by atoms with E-state index in [1.807, 2.05) is 30.3 Å². The average molecular weight is 274 g/mol. The minimum Gasteiger partial charge on any atom is -0.361 e. The van der Waals surface area contributed by atoms with E-state index in [1.165, 1.54) is 0 Å². The molecule has 1 aliphatic rings. The van der Waals surface area contributed by atoms with Crippen LogP contribution in [-0.4, -0.2) is 43.2 Å². The zero-order chi connectivity index (χ0) is 14.4. The van der Waals surface area contributed by atoms with E-state index >= 15 is 0 Å². The number of amides is 1. The van der Waals surface area contributed by atoms with Gasteiger partial charge in [-0.15, -0.1) is 0 Å². The van der Waals surface area contributed by atoms with Crippen molar-refractivity contribution in [3.05, 3.63) is 35.9 Å². The molecule has 0 spiro atoms. The molecule has 106 valence electrons. The molecule has 0 aliphatic carbocycles. The molecule has 0 aromatic heterocycles. The van der Waals surface area contributed by atoms with Crippen molar-refractivity contribution in [1.82, 2.24) is 10.3 Å². The highest BCUT2D eigenvalue weighted by molar-refractivity contribution is 5.83. The van der Waals surface area contributed by atoms with Gasteiger partial charge in [-0.05, 0) is 5.56 Å². The van der Waals surface area contributed by atoms with Crippen molar-refractivity contribution < 1.29 is 9.53 Å². The van der Waals surface area contributed by atoms with Crippen LogP contribution < -0.4 is 11.3 Å². The molecule has 6 heteroatoms. The number of nitrogens with zero attached hydrogens (tertiary/aromatic N) is 2. The molecule has 0 radical (unpaired) electrons. The Kier molecular flexibility index (Phi) is 5.07. The molecule has 1 aromatic rings. The maximum Gasteiger partial charge on any atom is 0.242 e. The summed E-state index contributed by atoms with van der Waals surface area (Å²) in [5.74, 6) is 4.70. The molecule has 0 bridgehead atoms. The van der Waals surface area contributed by atoms with Gasteiger partial charge in [0.05, 0.1) is 18.6 Å². The molecule has 0 saturated carbocycles. The molecule has 1 heterocycles. The summed E-state index contributed by atoms with van der Waals surface area (Å²) in [6.45, 7) is 2.25. The van der Waals surface area contributed by atoms with Crippen molar-refractivity contribution in [2.45, 2.75) is 12.0 Å². The van der Waals surface area contributed by atoms with E-state index in [2.05, 4.69) is 16.4 Å². The monoisotopic (exact) mass is 274 g/mol. The summed E-state index contributed by atoms with van der Waals surface area (Å²) in [7, 11) is 0. The van der Waals surface area contributed by atoms with E-state index in [0.717, 1.165) is 5.56 Å². The van der Waals surface area contributed by atoms with Gasteiger partial charge in [-0.25, -0.2) is 5.84 Å². The molecule has 3 N–H and O–H groups in total. The Bertz CT molecular complexity index is 486. The van der Waals surface area contributed by atoms with Crippen molar-refractivity contribution in [3.63, 3.8) is 0 Å². The molecule has 1 amide bonds. The lowest BCUT2D eigenvalue weighted by molar-refractivity contribution is -0.123. The van der Waals surface area contributed by atoms with Gasteiger partial charge in [0.1, 0.15) is 0 Å². The molecule has 1 fully saturated rings. The number of nitrogens with two attached hydrogens (primary N) is 1. The average Bonchev–Trinajstić information content (AvgIpc) is 2.53. The third kappa shape index (κ3) is 3.54. The van der Waals surface area contributed by atoms with Gasteiger partial charge in [-0.3, -0.25) is 15.1 Å². The lowest BCUT2D eigenvalue weighted by Gasteiger charge is -2.32. The second-order valence-corrected chi connectivity index (χ2v) is 4.72. The lowest BCUT2D eigenvalue weighted by Crippen LogP contribution is -2.46. The van der Waals surface area contributed by atoms with E-state index in [9.17, 15) is 4.79 Å². The molecule has 1 aliphatic heterocycles. The highest BCUT2D eigenvalue weighted by Crippen LogP contribution is 2.18. The fraction of sp³-hybridized carbons (Fsp3) is 0.429. The van der Waals surface area contributed by atoms with Gasteiger partial charge in [0.2, 0.25) is 5.91 Å². The van der Waals surface area contributed by atoms with Crippen molar-refractivity contribution in [2.24, 2.45) is 5.84 Å². The van der Waals surface area contributed by atoms with Gasteiger partial charge in [-0.2, -0.15) is 5.26 Å². The minimum atomic E-state index is -0.430. The molecular weight excluding hydrogens is 256 g/mol. The number of hydrazine groups is 1. The van der Waals surface area contributed by atoms with Crippen molar-refractivity contribution >= 4 is 5.91 Å². The quantitative estimate of drug-likeness (QED) is 0.457. The van der Waals surface area contributed by atoms with E-state index in [4.69, 9.17) is 15.8 Å². The molecule has 2 unspecified atom stereocenters. The van der Waals surface area contributed by atoms with Crippen molar-refractivity contribution in [3.8, 4) is 6.07 Å². The predicted molar refractivity (Wildman–Crippen MR) is 73.3 cm³/mol. The molecule has 1 saturated heterocycles. The normalized spacial score (nSPS) is 20.9. The zero-order valence-corrected chi connectivity index (χ0v) is 11.2. The smallest absolute Gasteiger partial charge is 0.242 e. The second kappa shape index (κ2) is 7.01. The molecule has 6 nitrogen and oxygen atoms in total. The SMILES string of the molecule is N#CC1CN(CC(C(=O)NN)c2ccccc2)CCO1. The van der Waals surface area contributed by atoms with Crippen LogP contribution in [0.15, 0.2) is 30.3 Å². The number of ether oxygens (including phenoxy) is 1. The molecular formula is C14H18N4O2. The van der Waals surface area contributed by atoms with Crippen LogP contribution in [0.2, 0.25) is 0 Å². The topological polar surface area (TPSA) is 91.4 Å². The minimum absolute atomic E-state index is 0.226. The lowest BCUT2D eigenvalue weighted by atomic mass is 9.97. The first kappa shape index (κ1) is 14.5. The van der Waals surface area contributed by atoms with Gasteiger partial charge in [0.25, 0.3) is 0 Å². The van der Waals surface area contributed by atoms with Gasteiger partial charge >= 0.3 is 0 Å². The number of morpholine rings is 1. The summed E-state index contributed by atoms with van der Waals surface area (Å²) in [6.07, 6.45) is -0.430. The third-order valence-corrected chi connectivity index (χ3v) is 3.40. The number of hydrogen-bond acceptors (Lipinski definition) is 5. The van der Waals surface area contributed by atoms with Gasteiger partial charge in [-0.1, -0.05) is 30.3 Å². The fourth-order valence-corrected chi connectivity index (χ4v) is 2.33. The Hall–Kier alpha value is -1.94. The Morgan fingerprint density at radius 1 is 1.55 bits per heavy atom. The van der Waals surface area contributed by atoms with Crippen LogP contribution in [0.25, 0.3) is 0 Å². The zero-order valence-electron chi connectivity index (χ0n) is 11.2. The number of rotatable bonds is 4.